The molecule has 3 rings (SSSR count). The van der Waals surface area contributed by atoms with Crippen LogP contribution in [0.25, 0.3) is 0 Å². The van der Waals surface area contributed by atoms with Gasteiger partial charge in [0.2, 0.25) is 0 Å². The van der Waals surface area contributed by atoms with Gasteiger partial charge >= 0.3 is 0 Å². The molecule has 0 unspecified atom stereocenters. The van der Waals surface area contributed by atoms with E-state index in [1.807, 2.05) is 36.4 Å². The van der Waals surface area contributed by atoms with E-state index in [4.69, 9.17) is 11.6 Å². The SMILES string of the molecule is O=C(Nc1cccc(C#Cc2ccccc2)c1)c1c(F)cccc1Cl. The summed E-state index contributed by atoms with van der Waals surface area (Å²) in [4.78, 5) is 12.3. The third-order valence-corrected chi connectivity index (χ3v) is 3.75. The van der Waals surface area contributed by atoms with Gasteiger partial charge in [0.05, 0.1) is 10.6 Å². The Balaban J connectivity index is 1.81. The molecule has 0 aliphatic heterocycles. The molecule has 3 aromatic rings. The van der Waals surface area contributed by atoms with Crippen molar-refractivity contribution in [2.24, 2.45) is 0 Å². The van der Waals surface area contributed by atoms with Crippen LogP contribution in [0.15, 0.2) is 72.8 Å². The summed E-state index contributed by atoms with van der Waals surface area (Å²) in [5, 5.41) is 2.71. The smallest absolute Gasteiger partial charge is 0.260 e. The van der Waals surface area contributed by atoms with Crippen molar-refractivity contribution < 1.29 is 9.18 Å². The molecule has 0 fully saturated rings. The molecule has 0 aliphatic rings. The molecule has 3 aromatic carbocycles. The molecule has 0 saturated heterocycles. The van der Waals surface area contributed by atoms with Crippen LogP contribution in [-0.2, 0) is 0 Å². The molecule has 0 atom stereocenters. The molecule has 0 saturated carbocycles. The van der Waals surface area contributed by atoms with Gasteiger partial charge in [-0.3, -0.25) is 4.79 Å². The van der Waals surface area contributed by atoms with Gasteiger partial charge in [-0.05, 0) is 42.5 Å². The van der Waals surface area contributed by atoms with Gasteiger partial charge in [0.25, 0.3) is 5.91 Å². The Morgan fingerprint density at radius 1 is 0.880 bits per heavy atom. The largest absolute Gasteiger partial charge is 0.322 e. The minimum atomic E-state index is -0.662. The summed E-state index contributed by atoms with van der Waals surface area (Å²) in [5.74, 6) is 4.82. The van der Waals surface area contributed by atoms with Crippen molar-refractivity contribution in [1.29, 1.82) is 0 Å². The monoisotopic (exact) mass is 349 g/mol. The number of hydrogen-bond donors (Lipinski definition) is 1. The first-order valence-corrected chi connectivity index (χ1v) is 7.94. The third kappa shape index (κ3) is 4.26. The van der Waals surface area contributed by atoms with E-state index in [1.54, 1.807) is 18.2 Å². The van der Waals surface area contributed by atoms with Crippen molar-refractivity contribution in [3.05, 3.63) is 100 Å². The summed E-state index contributed by atoms with van der Waals surface area (Å²) < 4.78 is 13.8. The number of carbonyl (C=O) groups is 1. The summed E-state index contributed by atoms with van der Waals surface area (Å²) >= 11 is 5.92. The standard InChI is InChI=1S/C21H13ClFNO/c22-18-10-5-11-19(23)20(18)21(25)24-17-9-4-8-16(14-17)13-12-15-6-2-1-3-7-15/h1-11,14H,(H,24,25). The van der Waals surface area contributed by atoms with E-state index < -0.39 is 11.7 Å². The summed E-state index contributed by atoms with van der Waals surface area (Å²) in [7, 11) is 0. The number of anilines is 1. The van der Waals surface area contributed by atoms with E-state index in [9.17, 15) is 9.18 Å². The van der Waals surface area contributed by atoms with E-state index in [-0.39, 0.29) is 10.6 Å². The Morgan fingerprint density at radius 3 is 2.32 bits per heavy atom. The molecular weight excluding hydrogens is 337 g/mol. The molecule has 4 heteroatoms. The first-order chi connectivity index (χ1) is 12.1. The average Bonchev–Trinajstić information content (AvgIpc) is 2.61. The maximum atomic E-state index is 13.8. The summed E-state index contributed by atoms with van der Waals surface area (Å²) in [6.07, 6.45) is 0. The van der Waals surface area contributed by atoms with E-state index in [1.165, 1.54) is 18.2 Å². The lowest BCUT2D eigenvalue weighted by Gasteiger charge is -2.08. The summed E-state index contributed by atoms with van der Waals surface area (Å²) in [6, 6.07) is 20.8. The molecule has 0 radical (unpaired) electrons. The maximum absolute atomic E-state index is 13.8. The fourth-order valence-corrected chi connectivity index (χ4v) is 2.50. The number of amides is 1. The molecule has 0 bridgehead atoms. The van der Waals surface area contributed by atoms with E-state index in [2.05, 4.69) is 17.2 Å². The number of nitrogens with one attached hydrogen (secondary N) is 1. The van der Waals surface area contributed by atoms with Crippen LogP contribution >= 0.6 is 11.6 Å². The van der Waals surface area contributed by atoms with Crippen molar-refractivity contribution in [2.75, 3.05) is 5.32 Å². The van der Waals surface area contributed by atoms with Gasteiger partial charge in [-0.1, -0.05) is 53.8 Å². The minimum Gasteiger partial charge on any atom is -0.322 e. The van der Waals surface area contributed by atoms with Gasteiger partial charge < -0.3 is 5.32 Å². The molecule has 25 heavy (non-hydrogen) atoms. The quantitative estimate of drug-likeness (QED) is 0.638. The van der Waals surface area contributed by atoms with Crippen molar-refractivity contribution in [3.63, 3.8) is 0 Å². The van der Waals surface area contributed by atoms with Crippen LogP contribution in [0.4, 0.5) is 10.1 Å². The fraction of sp³-hybridized carbons (Fsp3) is 0. The van der Waals surface area contributed by atoms with Crippen LogP contribution < -0.4 is 5.32 Å². The lowest BCUT2D eigenvalue weighted by Crippen LogP contribution is -2.14. The number of hydrogen-bond acceptors (Lipinski definition) is 1. The van der Waals surface area contributed by atoms with Crippen molar-refractivity contribution in [3.8, 4) is 11.8 Å². The lowest BCUT2D eigenvalue weighted by molar-refractivity contribution is 0.102. The molecule has 0 aromatic heterocycles. The van der Waals surface area contributed by atoms with Gasteiger partial charge in [0, 0.05) is 16.8 Å². The van der Waals surface area contributed by atoms with Gasteiger partial charge in [0.1, 0.15) is 5.82 Å². The van der Waals surface area contributed by atoms with E-state index >= 15 is 0 Å². The Morgan fingerprint density at radius 2 is 1.56 bits per heavy atom. The van der Waals surface area contributed by atoms with Crippen LogP contribution in [0.2, 0.25) is 5.02 Å². The molecule has 0 heterocycles. The topological polar surface area (TPSA) is 29.1 Å². The second-order valence-electron chi connectivity index (χ2n) is 5.25. The molecule has 0 spiro atoms. The lowest BCUT2D eigenvalue weighted by atomic mass is 10.1. The first-order valence-electron chi connectivity index (χ1n) is 7.56. The second kappa shape index (κ2) is 7.65. The summed E-state index contributed by atoms with van der Waals surface area (Å²) in [5.41, 5.74) is 1.98. The molecule has 0 aliphatic carbocycles. The molecule has 122 valence electrons. The van der Waals surface area contributed by atoms with E-state index in [0.717, 1.165) is 11.1 Å². The van der Waals surface area contributed by atoms with Gasteiger partial charge in [-0.25, -0.2) is 4.39 Å². The Kier molecular flexibility index (Phi) is 5.13. The van der Waals surface area contributed by atoms with Gasteiger partial charge in [-0.2, -0.15) is 0 Å². The Hall–Kier alpha value is -3.09. The maximum Gasteiger partial charge on any atom is 0.260 e. The zero-order chi connectivity index (χ0) is 17.6. The predicted molar refractivity (Wildman–Crippen MR) is 98.2 cm³/mol. The first kappa shape index (κ1) is 16.8. The van der Waals surface area contributed by atoms with Crippen LogP contribution in [0.1, 0.15) is 21.5 Å². The highest BCUT2D eigenvalue weighted by Crippen LogP contribution is 2.21. The van der Waals surface area contributed by atoms with Gasteiger partial charge in [0.15, 0.2) is 0 Å². The minimum absolute atomic E-state index is 0.0672. The van der Waals surface area contributed by atoms with Crippen molar-refractivity contribution in [1.82, 2.24) is 0 Å². The van der Waals surface area contributed by atoms with Crippen LogP contribution in [-0.4, -0.2) is 5.91 Å². The Bertz CT molecular complexity index is 954. The Labute approximate surface area is 150 Å². The van der Waals surface area contributed by atoms with Gasteiger partial charge in [-0.15, -0.1) is 0 Å². The highest BCUT2D eigenvalue weighted by atomic mass is 35.5. The normalized spacial score (nSPS) is 9.84. The average molecular weight is 350 g/mol. The number of benzene rings is 3. The van der Waals surface area contributed by atoms with Crippen LogP contribution in [0.3, 0.4) is 0 Å². The molecule has 1 N–H and O–H groups in total. The zero-order valence-corrected chi connectivity index (χ0v) is 13.8. The summed E-state index contributed by atoms with van der Waals surface area (Å²) in [6.45, 7) is 0. The number of carbonyl (C=O) groups excluding carboxylic acids is 1. The van der Waals surface area contributed by atoms with Crippen molar-refractivity contribution in [2.45, 2.75) is 0 Å². The molecule has 1 amide bonds. The zero-order valence-electron chi connectivity index (χ0n) is 13.1. The molecular formula is C21H13ClFNO. The third-order valence-electron chi connectivity index (χ3n) is 3.44. The number of halogens is 2. The van der Waals surface area contributed by atoms with E-state index in [0.29, 0.717) is 5.69 Å². The highest BCUT2D eigenvalue weighted by molar-refractivity contribution is 6.34. The molecule has 2 nitrogen and oxygen atoms in total. The fourth-order valence-electron chi connectivity index (χ4n) is 2.25. The number of rotatable bonds is 2. The van der Waals surface area contributed by atoms with Crippen LogP contribution in [0, 0.1) is 17.7 Å². The second-order valence-corrected chi connectivity index (χ2v) is 5.65. The highest BCUT2D eigenvalue weighted by Gasteiger charge is 2.15. The van der Waals surface area contributed by atoms with Crippen LogP contribution in [0.5, 0.6) is 0 Å². The predicted octanol–water partition coefficient (Wildman–Crippen LogP) is 5.13. The van der Waals surface area contributed by atoms with Crippen molar-refractivity contribution >= 4 is 23.2 Å².